The second-order valence-electron chi connectivity index (χ2n) is 2.04. The summed E-state index contributed by atoms with van der Waals surface area (Å²) in [5.74, 6) is 0. The van der Waals surface area contributed by atoms with E-state index < -0.39 is 0 Å². The van der Waals surface area contributed by atoms with Crippen LogP contribution in [0.1, 0.15) is 26.7 Å². The molecule has 1 nitrogen and oxygen atoms in total. The average Bonchev–Trinajstić information content (AvgIpc) is 1.68. The van der Waals surface area contributed by atoms with E-state index in [0.717, 1.165) is 0 Å². The lowest BCUT2D eigenvalue weighted by Gasteiger charge is -1.93. The summed E-state index contributed by atoms with van der Waals surface area (Å²) in [6.45, 7) is 4.98. The van der Waals surface area contributed by atoms with Crippen molar-refractivity contribution in [2.75, 3.05) is 6.54 Å². The Bertz CT molecular complexity index is 74.5. The molecule has 0 atom stereocenters. The molecule has 0 saturated carbocycles. The predicted molar refractivity (Wildman–Crippen MR) is 37.7 cm³/mol. The number of allylic oxidation sites excluding steroid dienone is 1. The van der Waals surface area contributed by atoms with Gasteiger partial charge in [0.25, 0.3) is 0 Å². The fourth-order valence-electron chi connectivity index (χ4n) is 0.698. The molecule has 0 aliphatic heterocycles. The standard InChI is InChI=1S/C7H15N/c1-3-4-7(2)5-6-8/h5H,3-4,6,8H2,1-2H3. The first-order valence-electron chi connectivity index (χ1n) is 3.17. The second kappa shape index (κ2) is 4.85. The first-order chi connectivity index (χ1) is 3.81. The Hall–Kier alpha value is -0.300. The Morgan fingerprint density at radius 2 is 2.25 bits per heavy atom. The van der Waals surface area contributed by atoms with Crippen molar-refractivity contribution >= 4 is 0 Å². The Labute approximate surface area is 51.6 Å². The van der Waals surface area contributed by atoms with E-state index in [-0.39, 0.29) is 0 Å². The molecule has 0 unspecified atom stereocenters. The zero-order valence-electron chi connectivity index (χ0n) is 5.78. The van der Waals surface area contributed by atoms with Gasteiger partial charge in [-0.25, -0.2) is 0 Å². The van der Waals surface area contributed by atoms with Crippen molar-refractivity contribution in [3.05, 3.63) is 11.6 Å². The van der Waals surface area contributed by atoms with Gasteiger partial charge in [-0.3, -0.25) is 0 Å². The summed E-state index contributed by atoms with van der Waals surface area (Å²) in [6.07, 6.45) is 4.49. The van der Waals surface area contributed by atoms with Crippen LogP contribution in [0, 0.1) is 0 Å². The Kier molecular flexibility index (Phi) is 4.67. The fraction of sp³-hybridized carbons (Fsp3) is 0.714. The van der Waals surface area contributed by atoms with Crippen molar-refractivity contribution in [3.63, 3.8) is 0 Å². The molecule has 8 heavy (non-hydrogen) atoms. The maximum Gasteiger partial charge on any atom is 0.0109 e. The van der Waals surface area contributed by atoms with Gasteiger partial charge in [-0.1, -0.05) is 25.0 Å². The SMILES string of the molecule is CCCC(C)=CCN. The molecule has 0 aromatic heterocycles. The van der Waals surface area contributed by atoms with Gasteiger partial charge in [0, 0.05) is 6.54 Å². The first kappa shape index (κ1) is 7.70. The normalized spacial score (nSPS) is 12.1. The van der Waals surface area contributed by atoms with Crippen LogP contribution in [0.25, 0.3) is 0 Å². The van der Waals surface area contributed by atoms with Crippen LogP contribution in [0.3, 0.4) is 0 Å². The van der Waals surface area contributed by atoms with Crippen molar-refractivity contribution in [2.24, 2.45) is 5.73 Å². The highest BCUT2D eigenvalue weighted by atomic mass is 14.5. The summed E-state index contributed by atoms with van der Waals surface area (Å²) in [4.78, 5) is 0. The summed E-state index contributed by atoms with van der Waals surface area (Å²) in [5, 5.41) is 0. The van der Waals surface area contributed by atoms with E-state index in [0.29, 0.717) is 6.54 Å². The highest BCUT2D eigenvalue weighted by Gasteiger charge is 1.82. The molecule has 0 aliphatic rings. The quantitative estimate of drug-likeness (QED) is 0.554. The number of rotatable bonds is 3. The molecule has 0 bridgehead atoms. The highest BCUT2D eigenvalue weighted by Crippen LogP contribution is 2.00. The minimum atomic E-state index is 0.686. The highest BCUT2D eigenvalue weighted by molar-refractivity contribution is 4.97. The Morgan fingerprint density at radius 3 is 2.62 bits per heavy atom. The molecule has 2 N–H and O–H groups in total. The number of nitrogens with two attached hydrogens (primary N) is 1. The zero-order chi connectivity index (χ0) is 6.41. The summed E-state index contributed by atoms with van der Waals surface area (Å²) in [5.41, 5.74) is 6.70. The molecule has 0 fully saturated rings. The van der Waals surface area contributed by atoms with Crippen molar-refractivity contribution in [3.8, 4) is 0 Å². The maximum atomic E-state index is 5.28. The van der Waals surface area contributed by atoms with Gasteiger partial charge >= 0.3 is 0 Å². The van der Waals surface area contributed by atoms with Crippen LogP contribution in [0.4, 0.5) is 0 Å². The van der Waals surface area contributed by atoms with Crippen molar-refractivity contribution in [2.45, 2.75) is 26.7 Å². The summed E-state index contributed by atoms with van der Waals surface area (Å²) < 4.78 is 0. The molecule has 0 aromatic carbocycles. The third-order valence-electron chi connectivity index (χ3n) is 1.11. The maximum absolute atomic E-state index is 5.28. The van der Waals surface area contributed by atoms with Crippen LogP contribution in [0.2, 0.25) is 0 Å². The Balaban J connectivity index is 3.29. The predicted octanol–water partition coefficient (Wildman–Crippen LogP) is 1.69. The number of hydrogen-bond donors (Lipinski definition) is 1. The van der Waals surface area contributed by atoms with Gasteiger partial charge in [0.15, 0.2) is 0 Å². The van der Waals surface area contributed by atoms with Gasteiger partial charge in [-0.15, -0.1) is 0 Å². The van der Waals surface area contributed by atoms with E-state index in [1.807, 2.05) is 0 Å². The molecular formula is C7H15N. The fourth-order valence-corrected chi connectivity index (χ4v) is 0.698. The van der Waals surface area contributed by atoms with Crippen molar-refractivity contribution < 1.29 is 0 Å². The average molecular weight is 113 g/mol. The molecule has 0 radical (unpaired) electrons. The van der Waals surface area contributed by atoms with E-state index in [4.69, 9.17) is 5.73 Å². The van der Waals surface area contributed by atoms with Gasteiger partial charge in [-0.05, 0) is 13.3 Å². The van der Waals surface area contributed by atoms with Gasteiger partial charge in [0.2, 0.25) is 0 Å². The molecule has 0 amide bonds. The van der Waals surface area contributed by atoms with Gasteiger partial charge in [0.1, 0.15) is 0 Å². The third kappa shape index (κ3) is 3.88. The summed E-state index contributed by atoms with van der Waals surface area (Å²) in [7, 11) is 0. The smallest absolute Gasteiger partial charge is 0.0109 e. The van der Waals surface area contributed by atoms with Crippen LogP contribution in [-0.2, 0) is 0 Å². The third-order valence-corrected chi connectivity index (χ3v) is 1.11. The van der Waals surface area contributed by atoms with Gasteiger partial charge in [-0.2, -0.15) is 0 Å². The molecule has 0 heterocycles. The minimum absolute atomic E-state index is 0.686. The van der Waals surface area contributed by atoms with Crippen LogP contribution < -0.4 is 5.73 Å². The topological polar surface area (TPSA) is 26.0 Å². The summed E-state index contributed by atoms with van der Waals surface area (Å²) in [6, 6.07) is 0. The molecule has 0 rings (SSSR count). The molecule has 0 saturated heterocycles. The van der Waals surface area contributed by atoms with Gasteiger partial charge < -0.3 is 5.73 Å². The second-order valence-corrected chi connectivity index (χ2v) is 2.04. The Morgan fingerprint density at radius 1 is 1.62 bits per heavy atom. The molecule has 0 spiro atoms. The van der Waals surface area contributed by atoms with Gasteiger partial charge in [0.05, 0.1) is 0 Å². The molecule has 0 aliphatic carbocycles. The lowest BCUT2D eigenvalue weighted by atomic mass is 10.2. The van der Waals surface area contributed by atoms with Crippen LogP contribution in [-0.4, -0.2) is 6.54 Å². The lowest BCUT2D eigenvalue weighted by molar-refractivity contribution is 0.899. The zero-order valence-corrected chi connectivity index (χ0v) is 5.78. The minimum Gasteiger partial charge on any atom is -0.327 e. The molecule has 48 valence electrons. The van der Waals surface area contributed by atoms with Crippen molar-refractivity contribution in [1.82, 2.24) is 0 Å². The van der Waals surface area contributed by atoms with E-state index in [1.165, 1.54) is 18.4 Å². The van der Waals surface area contributed by atoms with Crippen LogP contribution in [0.15, 0.2) is 11.6 Å². The largest absolute Gasteiger partial charge is 0.327 e. The molecule has 0 aromatic rings. The lowest BCUT2D eigenvalue weighted by Crippen LogP contribution is -1.94. The number of hydrogen-bond acceptors (Lipinski definition) is 1. The van der Waals surface area contributed by atoms with E-state index in [2.05, 4.69) is 19.9 Å². The van der Waals surface area contributed by atoms with Crippen molar-refractivity contribution in [1.29, 1.82) is 0 Å². The first-order valence-corrected chi connectivity index (χ1v) is 3.17. The summed E-state index contributed by atoms with van der Waals surface area (Å²) >= 11 is 0. The van der Waals surface area contributed by atoms with E-state index in [9.17, 15) is 0 Å². The van der Waals surface area contributed by atoms with E-state index in [1.54, 1.807) is 0 Å². The monoisotopic (exact) mass is 113 g/mol. The molecule has 1 heteroatoms. The van der Waals surface area contributed by atoms with Crippen LogP contribution in [0.5, 0.6) is 0 Å². The molecular weight excluding hydrogens is 98.1 g/mol. The van der Waals surface area contributed by atoms with Crippen LogP contribution >= 0.6 is 0 Å². The van der Waals surface area contributed by atoms with E-state index >= 15 is 0 Å².